The molecule has 0 fully saturated rings. The van der Waals surface area contributed by atoms with Crippen LogP contribution in [0.1, 0.15) is 0 Å². The van der Waals surface area contributed by atoms with E-state index in [9.17, 15) is 0 Å². The Morgan fingerprint density at radius 2 is 0.980 bits per heavy atom. The van der Waals surface area contributed by atoms with Crippen LogP contribution in [0.5, 0.6) is 0 Å². The molecule has 0 saturated heterocycles. The lowest BCUT2D eigenvalue weighted by atomic mass is 9.98. The van der Waals surface area contributed by atoms with E-state index in [2.05, 4.69) is 157 Å². The lowest BCUT2D eigenvalue weighted by Gasteiger charge is -2.28. The van der Waals surface area contributed by atoms with Crippen molar-refractivity contribution in [2.45, 2.75) is 0 Å². The molecule has 0 saturated carbocycles. The molecule has 0 spiro atoms. The van der Waals surface area contributed by atoms with Crippen molar-refractivity contribution in [1.29, 1.82) is 0 Å². The van der Waals surface area contributed by atoms with E-state index in [4.69, 9.17) is 8.83 Å². The second kappa shape index (κ2) is 11.0. The van der Waals surface area contributed by atoms with Gasteiger partial charge in [-0.05, 0) is 69.9 Å². The molecule has 0 amide bonds. The maximum atomic E-state index is 6.80. The quantitative estimate of drug-likeness (QED) is 0.190. The van der Waals surface area contributed by atoms with Gasteiger partial charge in [0.2, 0.25) is 0 Å². The fourth-order valence-electron chi connectivity index (χ4n) is 7.32. The highest BCUT2D eigenvalue weighted by Crippen LogP contribution is 2.50. The number of furan rings is 2. The Morgan fingerprint density at radius 1 is 0.367 bits per heavy atom. The smallest absolute Gasteiger partial charge is 0.160 e. The second-order valence-electron chi connectivity index (χ2n) is 12.5. The van der Waals surface area contributed by atoms with Gasteiger partial charge in [0.05, 0.1) is 11.4 Å². The zero-order valence-corrected chi connectivity index (χ0v) is 26.5. The van der Waals surface area contributed by atoms with Crippen LogP contribution in [0.15, 0.2) is 185 Å². The Kier molecular flexibility index (Phi) is 6.18. The van der Waals surface area contributed by atoms with E-state index >= 15 is 0 Å². The summed E-state index contributed by atoms with van der Waals surface area (Å²) in [7, 11) is 0. The van der Waals surface area contributed by atoms with Gasteiger partial charge in [0.15, 0.2) is 11.2 Å². The molecule has 0 aliphatic rings. The van der Waals surface area contributed by atoms with Gasteiger partial charge in [0.25, 0.3) is 0 Å². The van der Waals surface area contributed by atoms with Crippen molar-refractivity contribution in [3.8, 4) is 22.3 Å². The number of hydrogen-bond acceptors (Lipinski definition) is 3. The Balaban J connectivity index is 1.27. The van der Waals surface area contributed by atoms with Crippen LogP contribution in [-0.4, -0.2) is 0 Å². The summed E-state index contributed by atoms with van der Waals surface area (Å²) in [6.45, 7) is 0. The summed E-state index contributed by atoms with van der Waals surface area (Å²) >= 11 is 0. The molecule has 0 N–H and O–H groups in total. The van der Waals surface area contributed by atoms with E-state index < -0.39 is 0 Å². The van der Waals surface area contributed by atoms with Gasteiger partial charge in [-0.3, -0.25) is 0 Å². The monoisotopic (exact) mass is 627 g/mol. The molecule has 0 aliphatic heterocycles. The summed E-state index contributed by atoms with van der Waals surface area (Å²) in [5, 5.41) is 6.79. The number of nitrogens with zero attached hydrogens (tertiary/aromatic N) is 1. The summed E-state index contributed by atoms with van der Waals surface area (Å²) in [5.41, 5.74) is 10.8. The van der Waals surface area contributed by atoms with E-state index in [1.165, 1.54) is 16.3 Å². The third kappa shape index (κ3) is 4.44. The molecule has 2 aromatic heterocycles. The fraction of sp³-hybridized carbons (Fsp3) is 0. The topological polar surface area (TPSA) is 29.5 Å². The Morgan fingerprint density at radius 3 is 1.76 bits per heavy atom. The Bertz CT molecular complexity index is 2830. The van der Waals surface area contributed by atoms with Crippen LogP contribution in [0.2, 0.25) is 0 Å². The summed E-state index contributed by atoms with van der Waals surface area (Å²) < 4.78 is 13.5. The Hall–Kier alpha value is -6.58. The van der Waals surface area contributed by atoms with Crippen molar-refractivity contribution in [2.24, 2.45) is 0 Å². The summed E-state index contributed by atoms with van der Waals surface area (Å²) in [6, 6.07) is 61.9. The van der Waals surface area contributed by atoms with Crippen LogP contribution in [0.25, 0.3) is 76.9 Å². The van der Waals surface area contributed by atoms with Gasteiger partial charge in [-0.15, -0.1) is 0 Å². The number of rotatable bonds is 5. The normalized spacial score (nSPS) is 11.7. The van der Waals surface area contributed by atoms with Gasteiger partial charge in [-0.2, -0.15) is 0 Å². The first kappa shape index (κ1) is 27.5. The molecule has 3 heteroatoms. The van der Waals surface area contributed by atoms with Crippen molar-refractivity contribution >= 4 is 71.7 Å². The zero-order chi connectivity index (χ0) is 32.3. The molecule has 0 bridgehead atoms. The van der Waals surface area contributed by atoms with Gasteiger partial charge < -0.3 is 13.7 Å². The lowest BCUT2D eigenvalue weighted by Crippen LogP contribution is -2.12. The molecule has 3 nitrogen and oxygen atoms in total. The fourth-order valence-corrected chi connectivity index (χ4v) is 7.32. The molecular formula is C46H29NO2. The van der Waals surface area contributed by atoms with E-state index in [1.54, 1.807) is 0 Å². The standard InChI is InChI=1S/C46H29NO2/c1-2-12-32(13-3-1)36-27-28-40-38-16-7-9-20-43(38)49-46(40)44(36)47(41-18-10-17-39-37-15-6-8-19-42(37)48-45(39)41)35-25-23-31(24-26-35)34-22-21-30-11-4-5-14-33(30)29-34/h1-29H. The molecule has 10 rings (SSSR count). The summed E-state index contributed by atoms with van der Waals surface area (Å²) in [5.74, 6) is 0. The first-order valence-corrected chi connectivity index (χ1v) is 16.6. The van der Waals surface area contributed by atoms with Crippen molar-refractivity contribution < 1.29 is 8.83 Å². The molecule has 10 aromatic rings. The van der Waals surface area contributed by atoms with Crippen molar-refractivity contribution in [3.05, 3.63) is 176 Å². The second-order valence-corrected chi connectivity index (χ2v) is 12.5. The van der Waals surface area contributed by atoms with Crippen LogP contribution >= 0.6 is 0 Å². The number of hydrogen-bond donors (Lipinski definition) is 0. The predicted octanol–water partition coefficient (Wildman–Crippen LogP) is 13.4. The molecular weight excluding hydrogens is 599 g/mol. The van der Waals surface area contributed by atoms with E-state index in [0.717, 1.165) is 77.6 Å². The van der Waals surface area contributed by atoms with Crippen LogP contribution in [0.4, 0.5) is 17.1 Å². The summed E-state index contributed by atoms with van der Waals surface area (Å²) in [6.07, 6.45) is 0. The molecule has 0 unspecified atom stereocenters. The number of fused-ring (bicyclic) bond motifs is 7. The van der Waals surface area contributed by atoms with Gasteiger partial charge in [-0.1, -0.05) is 133 Å². The van der Waals surface area contributed by atoms with Crippen LogP contribution in [-0.2, 0) is 0 Å². The molecule has 49 heavy (non-hydrogen) atoms. The van der Waals surface area contributed by atoms with Gasteiger partial charge in [-0.25, -0.2) is 0 Å². The van der Waals surface area contributed by atoms with Crippen LogP contribution in [0, 0.1) is 0 Å². The van der Waals surface area contributed by atoms with Crippen LogP contribution < -0.4 is 4.90 Å². The number of para-hydroxylation sites is 3. The lowest BCUT2D eigenvalue weighted by molar-refractivity contribution is 0.666. The first-order valence-electron chi connectivity index (χ1n) is 16.6. The minimum atomic E-state index is 0.828. The average molecular weight is 628 g/mol. The molecule has 0 radical (unpaired) electrons. The number of anilines is 3. The third-order valence-corrected chi connectivity index (χ3v) is 9.66. The highest BCUT2D eigenvalue weighted by Gasteiger charge is 2.26. The third-order valence-electron chi connectivity index (χ3n) is 9.66. The van der Waals surface area contributed by atoms with E-state index in [0.29, 0.717) is 0 Å². The number of benzene rings is 8. The Labute approximate surface area is 282 Å². The summed E-state index contributed by atoms with van der Waals surface area (Å²) in [4.78, 5) is 2.32. The van der Waals surface area contributed by atoms with Gasteiger partial charge in [0.1, 0.15) is 11.2 Å². The highest BCUT2D eigenvalue weighted by molar-refractivity contribution is 6.16. The molecule has 0 aliphatic carbocycles. The van der Waals surface area contributed by atoms with Crippen molar-refractivity contribution in [1.82, 2.24) is 0 Å². The average Bonchev–Trinajstić information content (AvgIpc) is 3.75. The van der Waals surface area contributed by atoms with Crippen molar-refractivity contribution in [3.63, 3.8) is 0 Å². The maximum absolute atomic E-state index is 6.80. The van der Waals surface area contributed by atoms with Gasteiger partial charge in [0, 0.05) is 32.8 Å². The molecule has 0 atom stereocenters. The van der Waals surface area contributed by atoms with Gasteiger partial charge >= 0.3 is 0 Å². The first-order chi connectivity index (χ1) is 24.3. The molecule has 230 valence electrons. The molecule has 8 aromatic carbocycles. The SMILES string of the molecule is c1ccc(-c2ccc3c(oc4ccccc43)c2N(c2ccc(-c3ccc4ccccc4c3)cc2)c2cccc3c2oc2ccccc23)cc1. The van der Waals surface area contributed by atoms with Crippen LogP contribution in [0.3, 0.4) is 0 Å². The minimum Gasteiger partial charge on any atom is -0.454 e. The van der Waals surface area contributed by atoms with E-state index in [-0.39, 0.29) is 0 Å². The molecule has 2 heterocycles. The van der Waals surface area contributed by atoms with Crippen molar-refractivity contribution in [2.75, 3.05) is 4.90 Å². The van der Waals surface area contributed by atoms with E-state index in [1.807, 2.05) is 24.3 Å². The highest BCUT2D eigenvalue weighted by atomic mass is 16.3. The maximum Gasteiger partial charge on any atom is 0.160 e. The predicted molar refractivity (Wildman–Crippen MR) is 204 cm³/mol. The minimum absolute atomic E-state index is 0.828. The zero-order valence-electron chi connectivity index (χ0n) is 26.5. The largest absolute Gasteiger partial charge is 0.454 e.